The van der Waals surface area contributed by atoms with Crippen LogP contribution in [0.2, 0.25) is 0 Å². The van der Waals surface area contributed by atoms with Crippen LogP contribution in [-0.4, -0.2) is 25.6 Å². The lowest BCUT2D eigenvalue weighted by Gasteiger charge is -2.08. The number of hydrogen-bond donors (Lipinski definition) is 1. The Balaban J connectivity index is 2.78. The van der Waals surface area contributed by atoms with Gasteiger partial charge in [-0.15, -0.1) is 6.58 Å². The molecule has 0 unspecified atom stereocenters. The quantitative estimate of drug-likeness (QED) is 0.491. The van der Waals surface area contributed by atoms with E-state index in [9.17, 15) is 4.79 Å². The highest BCUT2D eigenvalue weighted by Gasteiger charge is 2.10. The van der Waals surface area contributed by atoms with Crippen molar-refractivity contribution in [3.63, 3.8) is 0 Å². The van der Waals surface area contributed by atoms with Crippen LogP contribution in [0.25, 0.3) is 0 Å². The third-order valence-corrected chi connectivity index (χ3v) is 2.17. The fraction of sp³-hybridized carbons (Fsp3) is 0.231. The van der Waals surface area contributed by atoms with E-state index in [0.717, 1.165) is 5.56 Å². The molecule has 90 valence electrons. The molecule has 4 heteroatoms. The van der Waals surface area contributed by atoms with Gasteiger partial charge in [-0.05, 0) is 18.6 Å². The van der Waals surface area contributed by atoms with Gasteiger partial charge in [0, 0.05) is 5.56 Å². The summed E-state index contributed by atoms with van der Waals surface area (Å²) in [6.07, 6.45) is 1.62. The molecule has 1 rings (SSSR count). The van der Waals surface area contributed by atoms with E-state index in [4.69, 9.17) is 4.74 Å². The smallest absolute Gasteiger partial charge is 0.291 e. The first kappa shape index (κ1) is 13.0. The molecule has 0 radical (unpaired) electrons. The molecule has 1 aromatic rings. The summed E-state index contributed by atoms with van der Waals surface area (Å²) in [6, 6.07) is 7.52. The van der Waals surface area contributed by atoms with Crippen LogP contribution in [0, 0.1) is 6.92 Å². The molecule has 0 aliphatic carbocycles. The first-order chi connectivity index (χ1) is 8.19. The maximum atomic E-state index is 11.9. The molecule has 0 spiro atoms. The number of nitrogens with one attached hydrogen (secondary N) is 1. The molecule has 0 saturated carbocycles. The molecule has 17 heavy (non-hydrogen) atoms. The van der Waals surface area contributed by atoms with E-state index in [1.165, 1.54) is 7.11 Å². The van der Waals surface area contributed by atoms with Crippen LogP contribution in [0.5, 0.6) is 0 Å². The maximum absolute atomic E-state index is 11.9. The van der Waals surface area contributed by atoms with Crippen molar-refractivity contribution in [2.24, 2.45) is 4.99 Å². The number of aryl methyl sites for hydroxylation is 1. The molecule has 0 aromatic heterocycles. The fourth-order valence-corrected chi connectivity index (χ4v) is 1.29. The van der Waals surface area contributed by atoms with E-state index < -0.39 is 0 Å². The van der Waals surface area contributed by atoms with Crippen LogP contribution >= 0.6 is 0 Å². The van der Waals surface area contributed by atoms with Crippen molar-refractivity contribution in [1.29, 1.82) is 0 Å². The molecule has 0 atom stereocenters. The number of ether oxygens (including phenoxy) is 1. The molecule has 1 N–H and O–H groups in total. The Morgan fingerprint density at radius 2 is 2.24 bits per heavy atom. The molecular formula is C13H16N2O2. The van der Waals surface area contributed by atoms with Gasteiger partial charge in [-0.2, -0.15) is 0 Å². The Kier molecular flexibility index (Phi) is 4.94. The SMILES string of the molecule is C=CCN=C(NC(=O)c1ccccc1C)OC. The van der Waals surface area contributed by atoms with Gasteiger partial charge in [0.2, 0.25) is 0 Å². The number of aliphatic imine (C=N–C) groups is 1. The van der Waals surface area contributed by atoms with Gasteiger partial charge in [0.25, 0.3) is 11.9 Å². The Labute approximate surface area is 101 Å². The number of rotatable bonds is 3. The van der Waals surface area contributed by atoms with E-state index in [0.29, 0.717) is 12.1 Å². The minimum atomic E-state index is -0.229. The average Bonchev–Trinajstić information content (AvgIpc) is 2.34. The maximum Gasteiger partial charge on any atom is 0.291 e. The molecule has 4 nitrogen and oxygen atoms in total. The second-order valence-electron chi connectivity index (χ2n) is 3.41. The monoisotopic (exact) mass is 232 g/mol. The molecule has 0 aliphatic rings. The predicted octanol–water partition coefficient (Wildman–Crippen LogP) is 1.91. The van der Waals surface area contributed by atoms with Crippen molar-refractivity contribution >= 4 is 11.9 Å². The molecule has 1 aromatic carbocycles. The predicted molar refractivity (Wildman–Crippen MR) is 68.2 cm³/mol. The van der Waals surface area contributed by atoms with Gasteiger partial charge >= 0.3 is 0 Å². The minimum absolute atomic E-state index is 0.193. The van der Waals surface area contributed by atoms with Gasteiger partial charge in [-0.3, -0.25) is 10.1 Å². The summed E-state index contributed by atoms with van der Waals surface area (Å²) in [7, 11) is 1.46. The highest BCUT2D eigenvalue weighted by Crippen LogP contribution is 2.06. The van der Waals surface area contributed by atoms with Crippen LogP contribution < -0.4 is 5.32 Å². The van der Waals surface area contributed by atoms with E-state index >= 15 is 0 Å². The van der Waals surface area contributed by atoms with Crippen molar-refractivity contribution in [3.8, 4) is 0 Å². The van der Waals surface area contributed by atoms with Crippen molar-refractivity contribution in [2.75, 3.05) is 13.7 Å². The normalized spacial score (nSPS) is 10.8. The lowest BCUT2D eigenvalue weighted by molar-refractivity contribution is 0.0968. The summed E-state index contributed by atoms with van der Waals surface area (Å²) in [5.41, 5.74) is 1.51. The van der Waals surface area contributed by atoms with Gasteiger partial charge in [-0.1, -0.05) is 24.3 Å². The molecule has 0 bridgehead atoms. The van der Waals surface area contributed by atoms with Crippen LogP contribution in [0.15, 0.2) is 41.9 Å². The zero-order valence-corrected chi connectivity index (χ0v) is 10.1. The summed E-state index contributed by atoms with van der Waals surface area (Å²) in [5, 5.41) is 2.60. The highest BCUT2D eigenvalue weighted by atomic mass is 16.5. The Morgan fingerprint density at radius 1 is 1.53 bits per heavy atom. The van der Waals surface area contributed by atoms with E-state index in [1.807, 2.05) is 25.1 Å². The van der Waals surface area contributed by atoms with E-state index in [2.05, 4.69) is 16.9 Å². The number of amides is 1. The van der Waals surface area contributed by atoms with Crippen LogP contribution in [0.4, 0.5) is 0 Å². The van der Waals surface area contributed by atoms with Gasteiger partial charge in [0.05, 0.1) is 13.7 Å². The first-order valence-corrected chi connectivity index (χ1v) is 5.25. The molecule has 0 aliphatic heterocycles. The number of carbonyl (C=O) groups is 1. The van der Waals surface area contributed by atoms with Gasteiger partial charge in [0.1, 0.15) is 0 Å². The number of benzene rings is 1. The second-order valence-corrected chi connectivity index (χ2v) is 3.41. The number of carbonyl (C=O) groups excluding carboxylic acids is 1. The summed E-state index contributed by atoms with van der Waals surface area (Å²) in [6.45, 7) is 5.82. The van der Waals surface area contributed by atoms with E-state index in [1.54, 1.807) is 12.1 Å². The van der Waals surface area contributed by atoms with Crippen molar-refractivity contribution in [1.82, 2.24) is 5.32 Å². The van der Waals surface area contributed by atoms with E-state index in [-0.39, 0.29) is 11.9 Å². The van der Waals surface area contributed by atoms with Crippen molar-refractivity contribution in [3.05, 3.63) is 48.0 Å². The van der Waals surface area contributed by atoms with Crippen LogP contribution in [0.1, 0.15) is 15.9 Å². The van der Waals surface area contributed by atoms with Gasteiger partial charge in [0.15, 0.2) is 0 Å². The van der Waals surface area contributed by atoms with Crippen LogP contribution in [0.3, 0.4) is 0 Å². The number of hydrogen-bond acceptors (Lipinski definition) is 3. The number of amidine groups is 1. The first-order valence-electron chi connectivity index (χ1n) is 5.25. The molecular weight excluding hydrogens is 216 g/mol. The zero-order chi connectivity index (χ0) is 12.7. The van der Waals surface area contributed by atoms with Gasteiger partial charge < -0.3 is 4.74 Å². The Morgan fingerprint density at radius 3 is 2.82 bits per heavy atom. The minimum Gasteiger partial charge on any atom is -0.468 e. The Bertz CT molecular complexity index is 439. The molecule has 0 saturated heterocycles. The summed E-state index contributed by atoms with van der Waals surface area (Å²) in [5.74, 6) is -0.229. The third-order valence-electron chi connectivity index (χ3n) is 2.17. The van der Waals surface area contributed by atoms with Crippen LogP contribution in [-0.2, 0) is 4.74 Å². The zero-order valence-electron chi connectivity index (χ0n) is 10.1. The molecule has 1 amide bonds. The lowest BCUT2D eigenvalue weighted by atomic mass is 10.1. The summed E-state index contributed by atoms with van der Waals surface area (Å²) < 4.78 is 4.95. The number of methoxy groups -OCH3 is 1. The largest absolute Gasteiger partial charge is 0.468 e. The highest BCUT2D eigenvalue weighted by molar-refractivity contribution is 6.04. The summed E-state index contributed by atoms with van der Waals surface area (Å²) in [4.78, 5) is 15.9. The Hall–Kier alpha value is -2.10. The van der Waals surface area contributed by atoms with Gasteiger partial charge in [-0.25, -0.2) is 4.99 Å². The molecule has 0 fully saturated rings. The standard InChI is InChI=1S/C13H16N2O2/c1-4-9-14-13(17-3)15-12(16)11-8-6-5-7-10(11)2/h4-8H,1,9H2,2-3H3,(H,14,15,16). The van der Waals surface area contributed by atoms with Crippen molar-refractivity contribution in [2.45, 2.75) is 6.92 Å². The molecule has 0 heterocycles. The third kappa shape index (κ3) is 3.75. The fourth-order valence-electron chi connectivity index (χ4n) is 1.29. The average molecular weight is 232 g/mol. The summed E-state index contributed by atoms with van der Waals surface area (Å²) >= 11 is 0. The number of nitrogens with zero attached hydrogens (tertiary/aromatic N) is 1. The lowest BCUT2D eigenvalue weighted by Crippen LogP contribution is -2.32. The van der Waals surface area contributed by atoms with Crippen molar-refractivity contribution < 1.29 is 9.53 Å². The second kappa shape index (κ2) is 6.48. The topological polar surface area (TPSA) is 50.7 Å².